The fourth-order valence-corrected chi connectivity index (χ4v) is 3.53. The SMILES string of the molecule is CC(F)Oc1ccc2nc(/C=C/c3cnc(N4CCOCC4)s3)oc2c1. The third-order valence-electron chi connectivity index (χ3n) is 3.86. The predicted octanol–water partition coefficient (Wildman–Crippen LogP) is 3.99. The summed E-state index contributed by atoms with van der Waals surface area (Å²) in [7, 11) is 0. The minimum absolute atomic E-state index is 0.414. The molecule has 1 unspecified atom stereocenters. The maximum absolute atomic E-state index is 12.9. The van der Waals surface area contributed by atoms with E-state index in [-0.39, 0.29) is 0 Å². The molecule has 1 fully saturated rings. The fraction of sp³-hybridized carbons (Fsp3) is 0.333. The maximum atomic E-state index is 12.9. The van der Waals surface area contributed by atoms with Gasteiger partial charge < -0.3 is 18.8 Å². The molecule has 0 bridgehead atoms. The molecule has 1 atom stereocenters. The number of rotatable bonds is 5. The molecule has 1 aromatic carbocycles. The summed E-state index contributed by atoms with van der Waals surface area (Å²) in [5.41, 5.74) is 1.25. The van der Waals surface area contributed by atoms with Gasteiger partial charge in [0.05, 0.1) is 13.2 Å². The second-order valence-electron chi connectivity index (χ2n) is 5.82. The summed E-state index contributed by atoms with van der Waals surface area (Å²) < 4.78 is 29.0. The first-order chi connectivity index (χ1) is 12.7. The number of hydrogen-bond donors (Lipinski definition) is 0. The molecule has 0 spiro atoms. The summed E-state index contributed by atoms with van der Waals surface area (Å²) in [6.45, 7) is 4.54. The van der Waals surface area contributed by atoms with Crippen molar-refractivity contribution in [3.63, 3.8) is 0 Å². The van der Waals surface area contributed by atoms with Crippen molar-refractivity contribution in [3.05, 3.63) is 35.2 Å². The third kappa shape index (κ3) is 3.86. The van der Waals surface area contributed by atoms with E-state index in [1.807, 2.05) is 12.3 Å². The summed E-state index contributed by atoms with van der Waals surface area (Å²) in [4.78, 5) is 12.1. The minimum Gasteiger partial charge on any atom is -0.461 e. The number of ether oxygens (including phenoxy) is 2. The van der Waals surface area contributed by atoms with E-state index in [1.54, 1.807) is 35.6 Å². The van der Waals surface area contributed by atoms with Crippen LogP contribution in [0.5, 0.6) is 5.75 Å². The van der Waals surface area contributed by atoms with Gasteiger partial charge in [-0.15, -0.1) is 0 Å². The largest absolute Gasteiger partial charge is 0.461 e. The van der Waals surface area contributed by atoms with Crippen LogP contribution in [0.15, 0.2) is 28.8 Å². The van der Waals surface area contributed by atoms with Crippen LogP contribution in [0.3, 0.4) is 0 Å². The van der Waals surface area contributed by atoms with Gasteiger partial charge in [-0.3, -0.25) is 0 Å². The second kappa shape index (κ2) is 7.43. The van der Waals surface area contributed by atoms with Gasteiger partial charge in [0, 0.05) is 43.2 Å². The summed E-state index contributed by atoms with van der Waals surface area (Å²) in [5.74, 6) is 0.892. The van der Waals surface area contributed by atoms with Crippen molar-refractivity contribution in [2.24, 2.45) is 0 Å². The zero-order chi connectivity index (χ0) is 17.9. The standard InChI is InChI=1S/C18H18FN3O3S/c1-12(19)24-13-2-4-15-16(10-13)25-17(21-15)5-3-14-11-20-18(26-14)22-6-8-23-9-7-22/h2-5,10-12H,6-9H2,1H3/b5-3+. The first kappa shape index (κ1) is 17.0. The Morgan fingerprint density at radius 3 is 2.96 bits per heavy atom. The molecule has 0 amide bonds. The molecule has 6 nitrogen and oxygen atoms in total. The van der Waals surface area contributed by atoms with Gasteiger partial charge in [0.25, 0.3) is 0 Å². The van der Waals surface area contributed by atoms with E-state index in [0.717, 1.165) is 36.3 Å². The third-order valence-corrected chi connectivity index (χ3v) is 4.88. The van der Waals surface area contributed by atoms with Gasteiger partial charge >= 0.3 is 0 Å². The van der Waals surface area contributed by atoms with Crippen molar-refractivity contribution in [1.29, 1.82) is 0 Å². The summed E-state index contributed by atoms with van der Waals surface area (Å²) in [6.07, 6.45) is 4.19. The van der Waals surface area contributed by atoms with E-state index in [0.29, 0.717) is 22.7 Å². The molecular formula is C18H18FN3O3S. The van der Waals surface area contributed by atoms with Crippen molar-refractivity contribution >= 4 is 39.7 Å². The molecule has 4 rings (SSSR count). The van der Waals surface area contributed by atoms with Crippen molar-refractivity contribution < 1.29 is 18.3 Å². The number of aromatic nitrogens is 2. The van der Waals surface area contributed by atoms with Gasteiger partial charge in [-0.05, 0) is 18.2 Å². The normalized spacial score (nSPS) is 16.5. The quantitative estimate of drug-likeness (QED) is 0.672. The molecule has 1 aliphatic rings. The first-order valence-electron chi connectivity index (χ1n) is 8.35. The number of halogens is 1. The molecule has 1 saturated heterocycles. The Kier molecular flexibility index (Phi) is 4.85. The number of alkyl halides is 1. The van der Waals surface area contributed by atoms with Crippen molar-refractivity contribution in [2.45, 2.75) is 13.3 Å². The predicted molar refractivity (Wildman–Crippen MR) is 99.3 cm³/mol. The molecule has 0 radical (unpaired) electrons. The summed E-state index contributed by atoms with van der Waals surface area (Å²) in [5, 5.41) is 0.993. The number of benzene rings is 1. The van der Waals surface area contributed by atoms with Gasteiger partial charge in [0.15, 0.2) is 10.7 Å². The smallest absolute Gasteiger partial charge is 0.235 e. The molecule has 1 aliphatic heterocycles. The van der Waals surface area contributed by atoms with Crippen molar-refractivity contribution in [1.82, 2.24) is 9.97 Å². The van der Waals surface area contributed by atoms with E-state index in [2.05, 4.69) is 14.9 Å². The summed E-state index contributed by atoms with van der Waals surface area (Å²) >= 11 is 1.62. The van der Waals surface area contributed by atoms with E-state index < -0.39 is 6.36 Å². The zero-order valence-electron chi connectivity index (χ0n) is 14.2. The van der Waals surface area contributed by atoms with Crippen LogP contribution < -0.4 is 9.64 Å². The average Bonchev–Trinajstić information content (AvgIpc) is 3.26. The molecule has 3 aromatic rings. The zero-order valence-corrected chi connectivity index (χ0v) is 15.0. The lowest BCUT2D eigenvalue weighted by molar-refractivity contribution is 0.0861. The topological polar surface area (TPSA) is 60.6 Å². The molecule has 8 heteroatoms. The minimum atomic E-state index is -1.37. The Morgan fingerprint density at radius 2 is 2.15 bits per heavy atom. The molecule has 0 N–H and O–H groups in total. The van der Waals surface area contributed by atoms with Gasteiger partial charge in [-0.1, -0.05) is 11.3 Å². The number of anilines is 1. The second-order valence-corrected chi connectivity index (χ2v) is 6.86. The van der Waals surface area contributed by atoms with Crippen molar-refractivity contribution in [3.8, 4) is 5.75 Å². The number of nitrogens with zero attached hydrogens (tertiary/aromatic N) is 3. The van der Waals surface area contributed by atoms with Crippen LogP contribution in [0.2, 0.25) is 0 Å². The fourth-order valence-electron chi connectivity index (χ4n) is 2.66. The van der Waals surface area contributed by atoms with Crippen LogP contribution in [0, 0.1) is 0 Å². The van der Waals surface area contributed by atoms with Crippen LogP contribution in [0.25, 0.3) is 23.3 Å². The Labute approximate surface area is 153 Å². The Morgan fingerprint density at radius 1 is 1.31 bits per heavy atom. The van der Waals surface area contributed by atoms with Crippen LogP contribution >= 0.6 is 11.3 Å². The summed E-state index contributed by atoms with van der Waals surface area (Å²) in [6, 6.07) is 5.06. The van der Waals surface area contributed by atoms with E-state index in [4.69, 9.17) is 13.9 Å². The Balaban J connectivity index is 1.48. The number of fused-ring (bicyclic) bond motifs is 1. The van der Waals surface area contributed by atoms with Crippen molar-refractivity contribution in [2.75, 3.05) is 31.2 Å². The molecule has 3 heterocycles. The van der Waals surface area contributed by atoms with Gasteiger partial charge in [-0.2, -0.15) is 0 Å². The lowest BCUT2D eigenvalue weighted by Crippen LogP contribution is -2.36. The van der Waals surface area contributed by atoms with Gasteiger partial charge in [0.2, 0.25) is 12.2 Å². The van der Waals surface area contributed by atoms with E-state index >= 15 is 0 Å². The molecule has 2 aromatic heterocycles. The highest BCUT2D eigenvalue weighted by molar-refractivity contribution is 7.16. The lowest BCUT2D eigenvalue weighted by Gasteiger charge is -2.25. The molecular weight excluding hydrogens is 357 g/mol. The average molecular weight is 375 g/mol. The molecule has 0 aliphatic carbocycles. The molecule has 26 heavy (non-hydrogen) atoms. The Bertz CT molecular complexity index is 915. The van der Waals surface area contributed by atoms with E-state index in [9.17, 15) is 4.39 Å². The van der Waals surface area contributed by atoms with Gasteiger partial charge in [-0.25, -0.2) is 14.4 Å². The molecule has 136 valence electrons. The number of hydrogen-bond acceptors (Lipinski definition) is 7. The maximum Gasteiger partial charge on any atom is 0.235 e. The van der Waals surface area contributed by atoms with Crippen LogP contribution in [0.4, 0.5) is 9.52 Å². The molecule has 0 saturated carbocycles. The number of oxazole rings is 1. The van der Waals surface area contributed by atoms with Crippen LogP contribution in [0.1, 0.15) is 17.7 Å². The number of morpholine rings is 1. The highest BCUT2D eigenvalue weighted by atomic mass is 32.1. The highest BCUT2D eigenvalue weighted by Gasteiger charge is 2.14. The van der Waals surface area contributed by atoms with E-state index in [1.165, 1.54) is 6.92 Å². The van der Waals surface area contributed by atoms with Gasteiger partial charge in [0.1, 0.15) is 11.3 Å². The number of thiazole rings is 1. The monoisotopic (exact) mass is 375 g/mol. The first-order valence-corrected chi connectivity index (χ1v) is 9.17. The van der Waals surface area contributed by atoms with Crippen LogP contribution in [-0.2, 0) is 4.74 Å². The Hall–Kier alpha value is -2.45. The lowest BCUT2D eigenvalue weighted by atomic mass is 10.3. The van der Waals surface area contributed by atoms with Crippen LogP contribution in [-0.4, -0.2) is 42.6 Å². The highest BCUT2D eigenvalue weighted by Crippen LogP contribution is 2.26.